The van der Waals surface area contributed by atoms with Gasteiger partial charge in [0, 0.05) is 14.2 Å². The summed E-state index contributed by atoms with van der Waals surface area (Å²) in [5.41, 5.74) is 0. The molecule has 0 bridgehead atoms. The Morgan fingerprint density at radius 2 is 1.36 bits per heavy atom. The SMILES string of the molecule is CC(C)[NH2+]C(C)C.[BH3-]P(=O)(OC)OC. The average molecular weight is 225 g/mol. The fourth-order valence-electron chi connectivity index (χ4n) is 0.844. The highest BCUT2D eigenvalue weighted by atomic mass is 31.2. The Kier molecular flexibility index (Phi) is 10.1. The number of rotatable bonds is 4. The van der Waals surface area contributed by atoms with Gasteiger partial charge in [-0.15, -0.1) is 0 Å². The van der Waals surface area contributed by atoms with Gasteiger partial charge in [-0.05, 0) is 27.7 Å². The molecule has 0 aromatic carbocycles. The molecule has 0 saturated heterocycles. The molecule has 2 N–H and O–H groups in total. The van der Waals surface area contributed by atoms with Crippen LogP contribution in [0.5, 0.6) is 0 Å². The molecule has 0 unspecified atom stereocenters. The predicted octanol–water partition coefficient (Wildman–Crippen LogP) is 0.119. The second-order valence-corrected chi connectivity index (χ2v) is 4.45. The van der Waals surface area contributed by atoms with Gasteiger partial charge in [-0.2, -0.15) is 0 Å². The highest BCUT2D eigenvalue weighted by molar-refractivity contribution is 7.79. The van der Waals surface area contributed by atoms with Crippen LogP contribution in [0.25, 0.3) is 0 Å². The number of nitrogens with two attached hydrogens (primary N) is 1. The zero-order valence-electron chi connectivity index (χ0n) is 9.40. The van der Waals surface area contributed by atoms with Crippen LogP contribution in [0.15, 0.2) is 0 Å². The molecule has 14 heavy (non-hydrogen) atoms. The molecule has 0 atom stereocenters. The minimum Gasteiger partial charge on any atom is -0.342 e. The van der Waals surface area contributed by atoms with Gasteiger partial charge < -0.3 is 18.9 Å². The minimum absolute atomic E-state index is 0.299. The maximum atomic E-state index is 10.6. The summed E-state index contributed by atoms with van der Waals surface area (Å²) in [6, 6.07) is 1.50. The fraction of sp³-hybridized carbons (Fsp3) is 1.00. The summed E-state index contributed by atoms with van der Waals surface area (Å²) < 4.78 is 19.7. The zero-order valence-corrected chi connectivity index (χ0v) is 10.3. The second-order valence-electron chi connectivity index (χ2n) is 3.27. The van der Waals surface area contributed by atoms with Crippen molar-refractivity contribution < 1.29 is 18.9 Å². The Hall–Kier alpha value is 0.175. The lowest BCUT2D eigenvalue weighted by atomic mass is 10.3. The van der Waals surface area contributed by atoms with Crippen LogP contribution in [-0.2, 0) is 13.6 Å². The molecule has 0 aromatic heterocycles. The van der Waals surface area contributed by atoms with Crippen molar-refractivity contribution in [1.29, 1.82) is 0 Å². The Balaban J connectivity index is 0. The van der Waals surface area contributed by atoms with Crippen molar-refractivity contribution in [3.8, 4) is 0 Å². The molecule has 0 saturated carbocycles. The third kappa shape index (κ3) is 14.7. The molecule has 0 heterocycles. The average Bonchev–Trinajstić information content (AvgIpc) is 2.03. The minimum atomic E-state index is -2.40. The first-order chi connectivity index (χ1) is 6.25. The van der Waals surface area contributed by atoms with Crippen molar-refractivity contribution in [1.82, 2.24) is 0 Å². The summed E-state index contributed by atoms with van der Waals surface area (Å²) >= 11 is 0. The maximum absolute atomic E-state index is 10.6. The van der Waals surface area contributed by atoms with Crippen LogP contribution < -0.4 is 5.32 Å². The lowest BCUT2D eigenvalue weighted by molar-refractivity contribution is -0.709. The van der Waals surface area contributed by atoms with Gasteiger partial charge in [0.15, 0.2) is 0 Å². The third-order valence-electron chi connectivity index (χ3n) is 1.07. The van der Waals surface area contributed by atoms with E-state index in [4.69, 9.17) is 0 Å². The standard InChI is InChI=1S/C6H15N.C2H9BO3P/c1-5(2)7-6(3)4;1-5-7(3,4)6-2/h5-7H,1-4H3;1-3H3/q;-1/p+1. The lowest BCUT2D eigenvalue weighted by Gasteiger charge is -2.11. The Morgan fingerprint density at radius 1 is 1.07 bits per heavy atom. The van der Waals surface area contributed by atoms with Crippen LogP contribution in [0.2, 0.25) is 0 Å². The van der Waals surface area contributed by atoms with Crippen LogP contribution >= 0.6 is 7.47 Å². The van der Waals surface area contributed by atoms with E-state index in [0.717, 1.165) is 12.1 Å². The molecule has 0 rings (SSSR count). The van der Waals surface area contributed by atoms with Crippen molar-refractivity contribution in [2.24, 2.45) is 0 Å². The molecule has 0 amide bonds. The molecule has 0 radical (unpaired) electrons. The quantitative estimate of drug-likeness (QED) is 0.546. The molecular weight excluding hydrogens is 200 g/mol. The molecule has 0 spiro atoms. The highest BCUT2D eigenvalue weighted by Gasteiger charge is 1.99. The van der Waals surface area contributed by atoms with Crippen LogP contribution in [0.1, 0.15) is 27.7 Å². The van der Waals surface area contributed by atoms with E-state index in [2.05, 4.69) is 42.1 Å². The summed E-state index contributed by atoms with van der Waals surface area (Å²) in [6.07, 6.45) is 0. The number of quaternary nitrogens is 1. The summed E-state index contributed by atoms with van der Waals surface area (Å²) in [7, 11) is 0.125. The topological polar surface area (TPSA) is 52.1 Å². The van der Waals surface area contributed by atoms with Crippen molar-refractivity contribution in [3.63, 3.8) is 0 Å². The first-order valence-electron chi connectivity index (χ1n) is 4.34. The van der Waals surface area contributed by atoms with Gasteiger partial charge in [-0.1, -0.05) is 0 Å². The van der Waals surface area contributed by atoms with E-state index in [0.29, 0.717) is 0 Å². The van der Waals surface area contributed by atoms with Crippen molar-refractivity contribution in [3.05, 3.63) is 0 Å². The van der Waals surface area contributed by atoms with Gasteiger partial charge in [0.2, 0.25) is 0 Å². The van der Waals surface area contributed by atoms with Crippen LogP contribution in [-0.4, -0.2) is 33.9 Å². The molecule has 88 valence electrons. The Labute approximate surface area is 88.6 Å². The zero-order chi connectivity index (χ0) is 11.8. The molecule has 4 nitrogen and oxygen atoms in total. The van der Waals surface area contributed by atoms with Gasteiger partial charge in [0.25, 0.3) is 0 Å². The van der Waals surface area contributed by atoms with Gasteiger partial charge in [0.05, 0.1) is 19.6 Å². The second kappa shape index (κ2) is 8.48. The Bertz CT molecular complexity index is 162. The molecule has 6 heteroatoms. The molecule has 0 aliphatic heterocycles. The summed E-state index contributed by atoms with van der Waals surface area (Å²) in [6.45, 7) is 8.83. The van der Waals surface area contributed by atoms with Crippen molar-refractivity contribution in [2.75, 3.05) is 14.2 Å². The molecule has 0 aromatic rings. The van der Waals surface area contributed by atoms with Crippen LogP contribution in [0, 0.1) is 0 Å². The normalized spacial score (nSPS) is 11.5. The monoisotopic (exact) mass is 225 g/mol. The first kappa shape index (κ1) is 16.6. The molecule has 0 aliphatic rings. The highest BCUT2D eigenvalue weighted by Crippen LogP contribution is 2.39. The fourth-order valence-corrected chi connectivity index (χ4v) is 0.993. The third-order valence-corrected chi connectivity index (χ3v) is 1.66. The van der Waals surface area contributed by atoms with Gasteiger partial charge in [-0.3, -0.25) is 0 Å². The molecule has 0 fully saturated rings. The van der Waals surface area contributed by atoms with Gasteiger partial charge >= 0.3 is 0 Å². The molecular formula is C8H25BNO3P. The maximum Gasteiger partial charge on any atom is 0.146 e. The van der Waals surface area contributed by atoms with E-state index in [-0.39, 0.29) is 7.57 Å². The first-order valence-corrected chi connectivity index (χ1v) is 5.44. The summed E-state index contributed by atoms with van der Waals surface area (Å²) in [5.74, 6) is 0. The van der Waals surface area contributed by atoms with E-state index in [1.54, 1.807) is 0 Å². The van der Waals surface area contributed by atoms with Crippen LogP contribution in [0.4, 0.5) is 0 Å². The van der Waals surface area contributed by atoms with E-state index < -0.39 is 7.47 Å². The van der Waals surface area contributed by atoms with E-state index >= 15 is 0 Å². The van der Waals surface area contributed by atoms with E-state index in [9.17, 15) is 4.57 Å². The molecule has 0 aliphatic carbocycles. The van der Waals surface area contributed by atoms with Crippen molar-refractivity contribution in [2.45, 2.75) is 39.8 Å². The number of hydrogen-bond acceptors (Lipinski definition) is 3. The van der Waals surface area contributed by atoms with Gasteiger partial charge in [-0.25, -0.2) is 0 Å². The Morgan fingerprint density at radius 3 is 1.36 bits per heavy atom. The largest absolute Gasteiger partial charge is 0.342 e. The van der Waals surface area contributed by atoms with Gasteiger partial charge in [0.1, 0.15) is 7.47 Å². The predicted molar refractivity (Wildman–Crippen MR) is 63.8 cm³/mol. The lowest BCUT2D eigenvalue weighted by Crippen LogP contribution is -2.92. The summed E-state index contributed by atoms with van der Waals surface area (Å²) in [4.78, 5) is 0. The number of hydrogen-bond donors (Lipinski definition) is 1. The van der Waals surface area contributed by atoms with E-state index in [1.165, 1.54) is 14.2 Å². The van der Waals surface area contributed by atoms with Crippen LogP contribution in [0.3, 0.4) is 0 Å². The van der Waals surface area contributed by atoms with E-state index in [1.807, 2.05) is 0 Å². The van der Waals surface area contributed by atoms with Crippen molar-refractivity contribution >= 4 is 15.0 Å². The smallest absolute Gasteiger partial charge is 0.146 e. The summed E-state index contributed by atoms with van der Waals surface area (Å²) in [5, 5.41) is 2.33.